The molecular weight excluding hydrogens is 450 g/mol. The van der Waals surface area contributed by atoms with Crippen molar-refractivity contribution < 1.29 is 65.3 Å². The van der Waals surface area contributed by atoms with E-state index in [0.717, 1.165) is 0 Å². The molecule has 2 saturated heterocycles. The van der Waals surface area contributed by atoms with Crippen molar-refractivity contribution in [3.63, 3.8) is 0 Å². The minimum atomic E-state index is -1.76. The fraction of sp³-hybridized carbons (Fsp3) is 0.895. The van der Waals surface area contributed by atoms with Gasteiger partial charge in [-0.2, -0.15) is 0 Å². The zero-order valence-electron chi connectivity index (χ0n) is 17.8. The lowest BCUT2D eigenvalue weighted by molar-refractivity contribution is -0.345. The largest absolute Gasteiger partial charge is 0.394 e. The molecule has 2 fully saturated rings. The van der Waals surface area contributed by atoms with Crippen LogP contribution in [0.25, 0.3) is 0 Å². The van der Waals surface area contributed by atoms with Gasteiger partial charge in [-0.25, -0.2) is 0 Å². The van der Waals surface area contributed by atoms with E-state index in [2.05, 4.69) is 5.32 Å². The quantitative estimate of drug-likeness (QED) is 0.157. The summed E-state index contributed by atoms with van der Waals surface area (Å²) in [7, 11) is 0. The third-order valence-corrected chi connectivity index (χ3v) is 6.36. The van der Waals surface area contributed by atoms with Crippen LogP contribution in [0.5, 0.6) is 0 Å². The van der Waals surface area contributed by atoms with Crippen molar-refractivity contribution in [1.82, 2.24) is 5.32 Å². The second-order valence-electron chi connectivity index (χ2n) is 8.56. The van der Waals surface area contributed by atoms with Crippen molar-refractivity contribution in [1.29, 1.82) is 0 Å². The van der Waals surface area contributed by atoms with Crippen LogP contribution in [0.3, 0.4) is 0 Å². The summed E-state index contributed by atoms with van der Waals surface area (Å²) in [5.41, 5.74) is 0.0630. The van der Waals surface area contributed by atoms with Crippen LogP contribution in [0, 0.1) is 0 Å². The second kappa shape index (κ2) is 10.8. The van der Waals surface area contributed by atoms with Gasteiger partial charge in [-0.15, -0.1) is 0 Å². The van der Waals surface area contributed by atoms with Crippen LogP contribution in [0.1, 0.15) is 6.92 Å². The lowest BCUT2D eigenvalue weighted by atomic mass is 9.86. The van der Waals surface area contributed by atoms with Gasteiger partial charge >= 0.3 is 0 Å². The molecule has 2 aliphatic heterocycles. The Labute approximate surface area is 188 Å². The molecule has 11 N–H and O–H groups in total. The molecule has 0 bridgehead atoms. The van der Waals surface area contributed by atoms with Gasteiger partial charge in [0.2, 0.25) is 0 Å². The number of rotatable bonds is 6. The lowest BCUT2D eigenvalue weighted by Gasteiger charge is -2.47. The molecule has 2 unspecified atom stereocenters. The van der Waals surface area contributed by atoms with Crippen molar-refractivity contribution >= 4 is 0 Å². The molecule has 0 spiro atoms. The van der Waals surface area contributed by atoms with Crippen LogP contribution >= 0.6 is 0 Å². The first-order chi connectivity index (χ1) is 15.5. The Bertz CT molecular complexity index is 680. The molecule has 14 heteroatoms. The molecule has 14 nitrogen and oxygen atoms in total. The molecule has 192 valence electrons. The van der Waals surface area contributed by atoms with Crippen LogP contribution in [0.4, 0.5) is 0 Å². The molecule has 3 aliphatic rings. The van der Waals surface area contributed by atoms with Gasteiger partial charge in [-0.1, -0.05) is 6.08 Å². The Morgan fingerprint density at radius 2 is 1.52 bits per heavy atom. The normalized spacial score (nSPS) is 51.3. The maximum atomic E-state index is 10.7. The number of aliphatic hydroxyl groups is 10. The average molecular weight is 483 g/mol. The van der Waals surface area contributed by atoms with E-state index in [-0.39, 0.29) is 5.57 Å². The summed E-state index contributed by atoms with van der Waals surface area (Å²) < 4.78 is 16.1. The van der Waals surface area contributed by atoms with Gasteiger partial charge in [-0.3, -0.25) is 0 Å². The summed E-state index contributed by atoms with van der Waals surface area (Å²) in [4.78, 5) is 0. The number of hydrogen-bond acceptors (Lipinski definition) is 14. The zero-order valence-corrected chi connectivity index (χ0v) is 17.8. The summed E-state index contributed by atoms with van der Waals surface area (Å²) in [6, 6.07) is -2.02. The highest BCUT2D eigenvalue weighted by Crippen LogP contribution is 2.29. The molecule has 0 aromatic carbocycles. The van der Waals surface area contributed by atoms with Gasteiger partial charge in [0, 0.05) is 0 Å². The Kier molecular flexibility index (Phi) is 8.80. The Morgan fingerprint density at radius 3 is 2.12 bits per heavy atom. The highest BCUT2D eigenvalue weighted by Gasteiger charge is 2.50. The fourth-order valence-electron chi connectivity index (χ4n) is 4.33. The minimum absolute atomic E-state index is 0.0630. The van der Waals surface area contributed by atoms with E-state index in [1.165, 1.54) is 13.0 Å². The van der Waals surface area contributed by atoms with Crippen molar-refractivity contribution in [2.45, 2.75) is 92.6 Å². The molecule has 14 atom stereocenters. The van der Waals surface area contributed by atoms with Gasteiger partial charge in [0.05, 0.1) is 31.4 Å². The van der Waals surface area contributed by atoms with Crippen molar-refractivity contribution in [2.75, 3.05) is 13.2 Å². The molecule has 0 amide bonds. The number of hydrogen-bond donors (Lipinski definition) is 11. The van der Waals surface area contributed by atoms with Crippen LogP contribution in [-0.2, 0) is 14.2 Å². The van der Waals surface area contributed by atoms with Crippen LogP contribution < -0.4 is 5.32 Å². The molecule has 0 radical (unpaired) electrons. The van der Waals surface area contributed by atoms with Gasteiger partial charge < -0.3 is 70.6 Å². The zero-order chi connectivity index (χ0) is 24.6. The SMILES string of the molecule is CC1O[C@H](O[C@H]2[C@H](O)[C@@H](O)C(O)O[C@@H]2CO)[C@@H](O)[C@H](O)[C@@H]1N[C@H]1C=C(CO)[C@@H](O)[C@H](O)[C@H]1O. The second-order valence-corrected chi connectivity index (χ2v) is 8.56. The summed E-state index contributed by atoms with van der Waals surface area (Å²) in [5, 5.41) is 103. The van der Waals surface area contributed by atoms with Crippen molar-refractivity contribution in [3.8, 4) is 0 Å². The van der Waals surface area contributed by atoms with Gasteiger partial charge in [0.15, 0.2) is 12.6 Å². The van der Waals surface area contributed by atoms with Gasteiger partial charge in [-0.05, 0) is 12.5 Å². The Hall–Kier alpha value is -0.820. The first-order valence-corrected chi connectivity index (χ1v) is 10.6. The maximum Gasteiger partial charge on any atom is 0.187 e. The monoisotopic (exact) mass is 483 g/mol. The van der Waals surface area contributed by atoms with E-state index in [0.29, 0.717) is 0 Å². The van der Waals surface area contributed by atoms with Crippen molar-refractivity contribution in [2.24, 2.45) is 0 Å². The minimum Gasteiger partial charge on any atom is -0.394 e. The summed E-state index contributed by atoms with van der Waals surface area (Å²) in [5.74, 6) is 0. The number of aliphatic hydroxyl groups excluding tert-OH is 10. The topological polar surface area (TPSA) is 242 Å². The van der Waals surface area contributed by atoms with E-state index < -0.39 is 98.9 Å². The molecule has 0 aromatic rings. The Balaban J connectivity index is 1.71. The molecule has 0 saturated carbocycles. The average Bonchev–Trinajstić information content (AvgIpc) is 2.79. The fourth-order valence-corrected chi connectivity index (χ4v) is 4.33. The standard InChI is InChI=1S/C19H33NO13/c1-5-9(20-7-2-6(3-21)10(23)13(26)11(7)24)12(25)16(29)19(31-5)33-17-8(4-22)32-18(30)15(28)14(17)27/h2,5,7-30H,3-4H2,1H3/t5?,7-,8+,9+,10+,11-,12+,13-,14+,15+,16-,17+,18?,19+/m0/s1. The number of ether oxygens (including phenoxy) is 3. The molecule has 3 rings (SSSR count). The van der Waals surface area contributed by atoms with Crippen LogP contribution in [0.2, 0.25) is 0 Å². The van der Waals surface area contributed by atoms with E-state index in [9.17, 15) is 51.1 Å². The molecule has 0 aromatic heterocycles. The van der Waals surface area contributed by atoms with E-state index in [1.54, 1.807) is 0 Å². The predicted molar refractivity (Wildman–Crippen MR) is 105 cm³/mol. The Morgan fingerprint density at radius 1 is 0.848 bits per heavy atom. The van der Waals surface area contributed by atoms with Crippen molar-refractivity contribution in [3.05, 3.63) is 11.6 Å². The summed E-state index contributed by atoms with van der Waals surface area (Å²) in [6.07, 6.45) is -16.8. The van der Waals surface area contributed by atoms with Gasteiger partial charge in [0.1, 0.15) is 54.9 Å². The smallest absolute Gasteiger partial charge is 0.187 e. The first kappa shape index (κ1) is 26.8. The van der Waals surface area contributed by atoms with E-state index >= 15 is 0 Å². The molecular formula is C19H33NO13. The molecule has 2 heterocycles. The highest BCUT2D eigenvalue weighted by molar-refractivity contribution is 5.22. The lowest BCUT2D eigenvalue weighted by Crippen LogP contribution is -2.68. The van der Waals surface area contributed by atoms with E-state index in [4.69, 9.17) is 14.2 Å². The van der Waals surface area contributed by atoms with Crippen LogP contribution in [-0.4, -0.2) is 150 Å². The highest BCUT2D eigenvalue weighted by atomic mass is 16.7. The third-order valence-electron chi connectivity index (χ3n) is 6.36. The summed E-state index contributed by atoms with van der Waals surface area (Å²) in [6.45, 7) is 0.249. The summed E-state index contributed by atoms with van der Waals surface area (Å²) >= 11 is 0. The maximum absolute atomic E-state index is 10.7. The third kappa shape index (κ3) is 5.24. The van der Waals surface area contributed by atoms with E-state index in [1.807, 2.05) is 0 Å². The molecule has 33 heavy (non-hydrogen) atoms. The van der Waals surface area contributed by atoms with Crippen LogP contribution in [0.15, 0.2) is 11.6 Å². The molecule has 1 aliphatic carbocycles. The first-order valence-electron chi connectivity index (χ1n) is 10.6. The van der Waals surface area contributed by atoms with Gasteiger partial charge in [0.25, 0.3) is 0 Å². The number of nitrogens with one attached hydrogen (secondary N) is 1. The predicted octanol–water partition coefficient (Wildman–Crippen LogP) is -6.39.